The summed E-state index contributed by atoms with van der Waals surface area (Å²) in [6.07, 6.45) is -0.487. The number of amides is 1. The number of carbonyl (C=O) groups is 1. The number of phenolic OH excluding ortho intramolecular Hbond substituents is 1. The van der Waals surface area contributed by atoms with Gasteiger partial charge in [-0.25, -0.2) is 0 Å². The van der Waals surface area contributed by atoms with Crippen molar-refractivity contribution in [2.24, 2.45) is 0 Å². The molecular weight excluding hydrogens is 346 g/mol. The van der Waals surface area contributed by atoms with Crippen molar-refractivity contribution in [1.82, 2.24) is 10.6 Å². The summed E-state index contributed by atoms with van der Waals surface area (Å²) < 4.78 is 5.46. The Morgan fingerprint density at radius 1 is 1.15 bits per heavy atom. The molecule has 4 N–H and O–H groups in total. The van der Waals surface area contributed by atoms with Crippen LogP contribution < -0.4 is 15.4 Å². The largest absolute Gasteiger partial charge is 0.508 e. The normalized spacial score (nSPS) is 11.4. The molecule has 2 aromatic carbocycles. The SMILES string of the molecule is N#Cc1ccccc1OC[C@@H](O)CNCCNC(=O)Cc1ccc(O)cc1. The Labute approximate surface area is 158 Å². The van der Waals surface area contributed by atoms with Crippen LogP contribution in [0.15, 0.2) is 48.5 Å². The molecule has 7 heteroatoms. The summed E-state index contributed by atoms with van der Waals surface area (Å²) in [5, 5.41) is 33.9. The molecule has 1 atom stereocenters. The minimum atomic E-state index is -0.732. The summed E-state index contributed by atoms with van der Waals surface area (Å²) in [5.74, 6) is 0.502. The fraction of sp³-hybridized carbons (Fsp3) is 0.300. The maximum atomic E-state index is 11.8. The van der Waals surface area contributed by atoms with Gasteiger partial charge in [-0.3, -0.25) is 4.79 Å². The van der Waals surface area contributed by atoms with Gasteiger partial charge in [0.25, 0.3) is 0 Å². The number of rotatable bonds is 10. The van der Waals surface area contributed by atoms with Crippen LogP contribution in [0, 0.1) is 11.3 Å². The lowest BCUT2D eigenvalue weighted by atomic mass is 10.1. The average Bonchev–Trinajstić information content (AvgIpc) is 2.68. The molecule has 1 amide bonds. The van der Waals surface area contributed by atoms with E-state index in [1.54, 1.807) is 48.5 Å². The monoisotopic (exact) mass is 369 g/mol. The van der Waals surface area contributed by atoms with Gasteiger partial charge in [0.2, 0.25) is 5.91 Å². The zero-order chi connectivity index (χ0) is 19.5. The lowest BCUT2D eigenvalue weighted by molar-refractivity contribution is -0.120. The number of para-hydroxylation sites is 1. The van der Waals surface area contributed by atoms with Crippen molar-refractivity contribution < 1.29 is 19.7 Å². The average molecular weight is 369 g/mol. The molecule has 0 aliphatic carbocycles. The number of nitriles is 1. The van der Waals surface area contributed by atoms with Crippen molar-refractivity contribution >= 4 is 5.91 Å². The van der Waals surface area contributed by atoms with Gasteiger partial charge in [0.05, 0.1) is 12.0 Å². The minimum absolute atomic E-state index is 0.0684. The fourth-order valence-corrected chi connectivity index (χ4v) is 2.35. The Kier molecular flexibility index (Phi) is 8.10. The van der Waals surface area contributed by atoms with Crippen molar-refractivity contribution in [2.45, 2.75) is 12.5 Å². The van der Waals surface area contributed by atoms with E-state index in [2.05, 4.69) is 10.6 Å². The molecule has 2 rings (SSSR count). The van der Waals surface area contributed by atoms with Gasteiger partial charge in [0.1, 0.15) is 30.3 Å². The first kappa shape index (κ1) is 20.2. The number of hydrogen-bond donors (Lipinski definition) is 4. The summed E-state index contributed by atoms with van der Waals surface area (Å²) in [6.45, 7) is 1.32. The topological polar surface area (TPSA) is 115 Å². The number of aliphatic hydroxyl groups is 1. The van der Waals surface area contributed by atoms with Crippen LogP contribution in [0.5, 0.6) is 11.5 Å². The van der Waals surface area contributed by atoms with E-state index in [1.807, 2.05) is 6.07 Å². The highest BCUT2D eigenvalue weighted by Crippen LogP contribution is 2.16. The quantitative estimate of drug-likeness (QED) is 0.464. The van der Waals surface area contributed by atoms with Crippen molar-refractivity contribution in [3.05, 3.63) is 59.7 Å². The molecule has 2 aromatic rings. The molecule has 142 valence electrons. The van der Waals surface area contributed by atoms with Crippen LogP contribution in [0.4, 0.5) is 0 Å². The van der Waals surface area contributed by atoms with E-state index < -0.39 is 6.10 Å². The standard InChI is InChI=1S/C20H23N3O4/c21-12-16-3-1-2-4-19(16)27-14-18(25)13-22-9-10-23-20(26)11-15-5-7-17(24)8-6-15/h1-8,18,22,24-25H,9-11,13-14H2,(H,23,26)/t18-/m0/s1. The molecule has 0 radical (unpaired) electrons. The van der Waals surface area contributed by atoms with E-state index in [0.29, 0.717) is 30.9 Å². The molecule has 27 heavy (non-hydrogen) atoms. The number of ether oxygens (including phenoxy) is 1. The molecule has 0 heterocycles. The Morgan fingerprint density at radius 3 is 2.63 bits per heavy atom. The molecule has 0 fully saturated rings. The zero-order valence-corrected chi connectivity index (χ0v) is 14.9. The van der Waals surface area contributed by atoms with Crippen molar-refractivity contribution in [3.8, 4) is 17.6 Å². The molecule has 0 spiro atoms. The Bertz CT molecular complexity index is 772. The van der Waals surface area contributed by atoms with Crippen LogP contribution in [0.3, 0.4) is 0 Å². The van der Waals surface area contributed by atoms with E-state index in [0.717, 1.165) is 5.56 Å². The van der Waals surface area contributed by atoms with Gasteiger partial charge in [-0.05, 0) is 29.8 Å². The third-order valence-corrected chi connectivity index (χ3v) is 3.74. The second-order valence-electron chi connectivity index (χ2n) is 5.97. The lowest BCUT2D eigenvalue weighted by Crippen LogP contribution is -2.37. The van der Waals surface area contributed by atoms with Crippen LogP contribution in [-0.4, -0.2) is 48.5 Å². The smallest absolute Gasteiger partial charge is 0.224 e. The Balaban J connectivity index is 1.57. The first-order valence-electron chi connectivity index (χ1n) is 8.64. The molecule has 0 saturated carbocycles. The molecule has 0 bridgehead atoms. The third-order valence-electron chi connectivity index (χ3n) is 3.74. The molecule has 0 saturated heterocycles. The van der Waals surface area contributed by atoms with Gasteiger partial charge in [0, 0.05) is 19.6 Å². The van der Waals surface area contributed by atoms with Gasteiger partial charge in [-0.15, -0.1) is 0 Å². The van der Waals surface area contributed by atoms with E-state index in [4.69, 9.17) is 10.00 Å². The summed E-state index contributed by atoms with van der Waals surface area (Å²) >= 11 is 0. The summed E-state index contributed by atoms with van der Waals surface area (Å²) in [5.41, 5.74) is 1.25. The minimum Gasteiger partial charge on any atom is -0.508 e. The highest BCUT2D eigenvalue weighted by Gasteiger charge is 2.08. The number of aliphatic hydroxyl groups excluding tert-OH is 1. The first-order chi connectivity index (χ1) is 13.1. The van der Waals surface area contributed by atoms with Crippen molar-refractivity contribution in [2.75, 3.05) is 26.2 Å². The Morgan fingerprint density at radius 2 is 1.89 bits per heavy atom. The van der Waals surface area contributed by atoms with Gasteiger partial charge in [-0.1, -0.05) is 24.3 Å². The fourth-order valence-electron chi connectivity index (χ4n) is 2.35. The van der Waals surface area contributed by atoms with E-state index in [-0.39, 0.29) is 24.7 Å². The predicted molar refractivity (Wildman–Crippen MR) is 100 cm³/mol. The van der Waals surface area contributed by atoms with E-state index in [1.165, 1.54) is 0 Å². The van der Waals surface area contributed by atoms with Gasteiger partial charge < -0.3 is 25.6 Å². The van der Waals surface area contributed by atoms with Crippen LogP contribution in [-0.2, 0) is 11.2 Å². The predicted octanol–water partition coefficient (Wildman–Crippen LogP) is 0.952. The van der Waals surface area contributed by atoms with Crippen molar-refractivity contribution in [3.63, 3.8) is 0 Å². The van der Waals surface area contributed by atoms with Crippen LogP contribution in [0.25, 0.3) is 0 Å². The Hall–Kier alpha value is -3.08. The van der Waals surface area contributed by atoms with Gasteiger partial charge >= 0.3 is 0 Å². The van der Waals surface area contributed by atoms with Crippen LogP contribution >= 0.6 is 0 Å². The summed E-state index contributed by atoms with van der Waals surface area (Å²) in [7, 11) is 0. The highest BCUT2D eigenvalue weighted by atomic mass is 16.5. The maximum absolute atomic E-state index is 11.8. The molecule has 0 aromatic heterocycles. The highest BCUT2D eigenvalue weighted by molar-refractivity contribution is 5.78. The number of carbonyl (C=O) groups excluding carboxylic acids is 1. The second-order valence-corrected chi connectivity index (χ2v) is 5.97. The lowest BCUT2D eigenvalue weighted by Gasteiger charge is -2.14. The molecule has 7 nitrogen and oxygen atoms in total. The number of aromatic hydroxyl groups is 1. The van der Waals surface area contributed by atoms with Crippen molar-refractivity contribution in [1.29, 1.82) is 5.26 Å². The maximum Gasteiger partial charge on any atom is 0.224 e. The summed E-state index contributed by atoms with van der Waals surface area (Å²) in [6, 6.07) is 15.4. The molecule has 0 aliphatic heterocycles. The van der Waals surface area contributed by atoms with E-state index >= 15 is 0 Å². The van der Waals surface area contributed by atoms with Crippen LogP contribution in [0.1, 0.15) is 11.1 Å². The second kappa shape index (κ2) is 10.8. The van der Waals surface area contributed by atoms with E-state index in [9.17, 15) is 15.0 Å². The first-order valence-corrected chi connectivity index (χ1v) is 8.64. The number of hydrogen-bond acceptors (Lipinski definition) is 6. The van der Waals surface area contributed by atoms with Crippen LogP contribution in [0.2, 0.25) is 0 Å². The third kappa shape index (κ3) is 7.36. The molecular formula is C20H23N3O4. The molecule has 0 aliphatic rings. The number of phenols is 1. The number of nitrogens with one attached hydrogen (secondary N) is 2. The van der Waals surface area contributed by atoms with Gasteiger partial charge in [0.15, 0.2) is 0 Å². The zero-order valence-electron chi connectivity index (χ0n) is 14.9. The molecule has 0 unspecified atom stereocenters. The number of nitrogens with zero attached hydrogens (tertiary/aromatic N) is 1. The summed E-state index contributed by atoms with van der Waals surface area (Å²) in [4.78, 5) is 11.8. The number of benzene rings is 2. The van der Waals surface area contributed by atoms with Gasteiger partial charge in [-0.2, -0.15) is 5.26 Å².